The van der Waals surface area contributed by atoms with E-state index >= 15 is 0 Å². The highest BCUT2D eigenvalue weighted by atomic mass is 35.5. The second kappa shape index (κ2) is 6.45. The third kappa shape index (κ3) is 3.11. The summed E-state index contributed by atoms with van der Waals surface area (Å²) in [5.41, 5.74) is 0.620. The summed E-state index contributed by atoms with van der Waals surface area (Å²) in [6.07, 6.45) is -0.269. The first-order chi connectivity index (χ1) is 7.61. The highest BCUT2D eigenvalue weighted by molar-refractivity contribution is 6.42. The number of aliphatic hydroxyl groups excluding tert-OH is 1. The minimum atomic E-state index is -0.740. The number of halogens is 2. The molecule has 0 bridgehead atoms. The summed E-state index contributed by atoms with van der Waals surface area (Å²) >= 11 is 11.9. The Morgan fingerprint density at radius 2 is 2.00 bits per heavy atom. The van der Waals surface area contributed by atoms with Crippen molar-refractivity contribution in [1.29, 1.82) is 0 Å². The van der Waals surface area contributed by atoms with E-state index in [2.05, 4.69) is 0 Å². The van der Waals surface area contributed by atoms with Gasteiger partial charge in [-0.3, -0.25) is 0 Å². The van der Waals surface area contributed by atoms with Gasteiger partial charge < -0.3 is 9.84 Å². The predicted molar refractivity (Wildman–Crippen MR) is 67.1 cm³/mol. The van der Waals surface area contributed by atoms with Gasteiger partial charge in [0, 0.05) is 12.2 Å². The topological polar surface area (TPSA) is 29.5 Å². The molecule has 2 atom stereocenters. The third-order valence-electron chi connectivity index (χ3n) is 2.44. The molecule has 4 heteroatoms. The second-order valence-corrected chi connectivity index (χ2v) is 4.28. The number of benzene rings is 1. The molecule has 2 nitrogen and oxygen atoms in total. The van der Waals surface area contributed by atoms with Crippen molar-refractivity contribution in [2.45, 2.75) is 32.5 Å². The van der Waals surface area contributed by atoms with Gasteiger partial charge in [0.05, 0.1) is 16.1 Å². The lowest BCUT2D eigenvalue weighted by Crippen LogP contribution is -2.21. The van der Waals surface area contributed by atoms with Crippen molar-refractivity contribution in [2.24, 2.45) is 0 Å². The molecule has 1 aromatic carbocycles. The number of hydrogen-bond donors (Lipinski definition) is 1. The summed E-state index contributed by atoms with van der Waals surface area (Å²) in [4.78, 5) is 0. The Kier molecular flexibility index (Phi) is 5.56. The minimum Gasteiger partial charge on any atom is -0.386 e. The highest BCUT2D eigenvalue weighted by Gasteiger charge is 2.22. The van der Waals surface area contributed by atoms with E-state index in [9.17, 15) is 5.11 Å². The molecule has 0 amide bonds. The largest absolute Gasteiger partial charge is 0.386 e. The molecular formula is C12H16Cl2O2. The Bertz CT molecular complexity index is 342. The van der Waals surface area contributed by atoms with Crippen LogP contribution in [-0.4, -0.2) is 17.8 Å². The van der Waals surface area contributed by atoms with Crippen LogP contribution in [0.25, 0.3) is 0 Å². The summed E-state index contributed by atoms with van der Waals surface area (Å²) in [5, 5.41) is 11.0. The molecule has 1 rings (SSSR count). The molecule has 0 spiro atoms. The molecule has 0 saturated heterocycles. The van der Waals surface area contributed by atoms with Gasteiger partial charge in [0.25, 0.3) is 0 Å². The lowest BCUT2D eigenvalue weighted by Gasteiger charge is -2.22. The van der Waals surface area contributed by atoms with Crippen molar-refractivity contribution in [3.8, 4) is 0 Å². The van der Waals surface area contributed by atoms with Crippen molar-refractivity contribution < 1.29 is 9.84 Å². The number of hydrogen-bond acceptors (Lipinski definition) is 2. The third-order valence-corrected chi connectivity index (χ3v) is 3.27. The van der Waals surface area contributed by atoms with E-state index in [1.165, 1.54) is 0 Å². The molecule has 1 N–H and O–H groups in total. The molecule has 0 heterocycles. The first-order valence-electron chi connectivity index (χ1n) is 5.35. The van der Waals surface area contributed by atoms with Crippen molar-refractivity contribution >= 4 is 23.2 Å². The monoisotopic (exact) mass is 262 g/mol. The maximum absolute atomic E-state index is 10.1. The second-order valence-electron chi connectivity index (χ2n) is 3.49. The van der Waals surface area contributed by atoms with Crippen LogP contribution in [-0.2, 0) is 4.74 Å². The van der Waals surface area contributed by atoms with Gasteiger partial charge in [-0.2, -0.15) is 0 Å². The molecule has 0 aliphatic rings. The van der Waals surface area contributed by atoms with Crippen LogP contribution >= 0.6 is 23.2 Å². The summed E-state index contributed by atoms with van der Waals surface area (Å²) in [7, 11) is 0. The molecule has 0 aliphatic heterocycles. The lowest BCUT2D eigenvalue weighted by atomic mass is 10.0. The molecule has 1 aromatic rings. The fourth-order valence-electron chi connectivity index (χ4n) is 1.60. The minimum absolute atomic E-state index is 0.249. The van der Waals surface area contributed by atoms with Gasteiger partial charge in [0.1, 0.15) is 6.10 Å². The van der Waals surface area contributed by atoms with Crippen molar-refractivity contribution in [3.05, 3.63) is 33.8 Å². The average Bonchev–Trinajstić information content (AvgIpc) is 2.29. The van der Waals surface area contributed by atoms with E-state index in [0.29, 0.717) is 22.2 Å². The van der Waals surface area contributed by atoms with Crippen LogP contribution in [0.1, 0.15) is 31.9 Å². The number of ether oxygens (including phenoxy) is 1. The van der Waals surface area contributed by atoms with Crippen molar-refractivity contribution in [3.63, 3.8) is 0 Å². The van der Waals surface area contributed by atoms with Crippen LogP contribution < -0.4 is 0 Å². The summed E-state index contributed by atoms with van der Waals surface area (Å²) in [6.45, 7) is 4.42. The van der Waals surface area contributed by atoms with Crippen molar-refractivity contribution in [1.82, 2.24) is 0 Å². The summed E-state index contributed by atoms with van der Waals surface area (Å²) in [6, 6.07) is 5.23. The Morgan fingerprint density at radius 3 is 2.56 bits per heavy atom. The standard InChI is InChI=1S/C12H16Cl2O2/c1-3-10(16-4-2)12(15)8-6-5-7-9(13)11(8)14/h5-7,10,12,15H,3-4H2,1-2H3. The quantitative estimate of drug-likeness (QED) is 0.874. The zero-order chi connectivity index (χ0) is 12.1. The molecule has 0 aliphatic carbocycles. The highest BCUT2D eigenvalue weighted by Crippen LogP contribution is 2.32. The van der Waals surface area contributed by atoms with Crippen LogP contribution in [0, 0.1) is 0 Å². The van der Waals surface area contributed by atoms with Crippen LogP contribution in [0.4, 0.5) is 0 Å². The summed E-state index contributed by atoms with van der Waals surface area (Å²) < 4.78 is 5.45. The SMILES string of the molecule is CCOC(CC)C(O)c1cccc(Cl)c1Cl. The zero-order valence-corrected chi connectivity index (χ0v) is 10.9. The zero-order valence-electron chi connectivity index (χ0n) is 9.41. The maximum Gasteiger partial charge on any atom is 0.107 e. The molecule has 90 valence electrons. The van der Waals surface area contributed by atoms with Gasteiger partial charge in [0.15, 0.2) is 0 Å². The van der Waals surface area contributed by atoms with Gasteiger partial charge in [-0.1, -0.05) is 42.3 Å². The lowest BCUT2D eigenvalue weighted by molar-refractivity contribution is -0.0355. The smallest absolute Gasteiger partial charge is 0.107 e. The molecular weight excluding hydrogens is 247 g/mol. The Hall–Kier alpha value is -0.280. The van der Waals surface area contributed by atoms with Gasteiger partial charge in [-0.25, -0.2) is 0 Å². The van der Waals surface area contributed by atoms with Crippen molar-refractivity contribution in [2.75, 3.05) is 6.61 Å². The van der Waals surface area contributed by atoms with Gasteiger partial charge in [-0.15, -0.1) is 0 Å². The Labute approximate surface area is 106 Å². The van der Waals surface area contributed by atoms with E-state index in [1.54, 1.807) is 18.2 Å². The molecule has 0 saturated carbocycles. The van der Waals surface area contributed by atoms with Gasteiger partial charge >= 0.3 is 0 Å². The van der Waals surface area contributed by atoms with Crippen LogP contribution in [0.5, 0.6) is 0 Å². The number of aliphatic hydroxyl groups is 1. The average molecular weight is 263 g/mol. The molecule has 0 fully saturated rings. The van der Waals surface area contributed by atoms with E-state index in [-0.39, 0.29) is 6.10 Å². The molecule has 0 aromatic heterocycles. The van der Waals surface area contributed by atoms with E-state index in [0.717, 1.165) is 6.42 Å². The van der Waals surface area contributed by atoms with E-state index < -0.39 is 6.10 Å². The maximum atomic E-state index is 10.1. The molecule has 2 unspecified atom stereocenters. The van der Waals surface area contributed by atoms with Gasteiger partial charge in [-0.05, 0) is 19.4 Å². The first kappa shape index (κ1) is 13.8. The van der Waals surface area contributed by atoms with Crippen LogP contribution in [0.15, 0.2) is 18.2 Å². The first-order valence-corrected chi connectivity index (χ1v) is 6.10. The normalized spacial score (nSPS) is 14.8. The Morgan fingerprint density at radius 1 is 1.31 bits per heavy atom. The van der Waals surface area contributed by atoms with E-state index in [4.69, 9.17) is 27.9 Å². The van der Waals surface area contributed by atoms with Gasteiger partial charge in [0.2, 0.25) is 0 Å². The van der Waals surface area contributed by atoms with Crippen LogP contribution in [0.3, 0.4) is 0 Å². The fraction of sp³-hybridized carbons (Fsp3) is 0.500. The van der Waals surface area contributed by atoms with Crippen LogP contribution in [0.2, 0.25) is 10.0 Å². The fourth-order valence-corrected chi connectivity index (χ4v) is 2.02. The Balaban J connectivity index is 2.94. The summed E-state index contributed by atoms with van der Waals surface area (Å²) in [5.74, 6) is 0. The van der Waals surface area contributed by atoms with E-state index in [1.807, 2.05) is 13.8 Å². The number of rotatable bonds is 5. The predicted octanol–water partition coefficient (Wildman–Crippen LogP) is 3.84. The molecule has 16 heavy (non-hydrogen) atoms. The molecule has 0 radical (unpaired) electrons.